The SMILES string of the molecule is Fc1cc(Br)[c]c(OC(F)F)c1. The molecule has 5 heteroatoms. The third kappa shape index (κ3) is 2.73. The highest BCUT2D eigenvalue weighted by Gasteiger charge is 2.06. The van der Waals surface area contributed by atoms with Gasteiger partial charge in [0.2, 0.25) is 0 Å². The fourth-order valence-electron chi connectivity index (χ4n) is 0.637. The van der Waals surface area contributed by atoms with E-state index in [4.69, 9.17) is 0 Å². The smallest absolute Gasteiger partial charge is 0.387 e. The third-order valence-electron chi connectivity index (χ3n) is 0.992. The number of halogens is 4. The lowest BCUT2D eigenvalue weighted by atomic mass is 10.3. The van der Waals surface area contributed by atoms with E-state index in [0.717, 1.165) is 12.1 Å². The molecular formula is C7H3BrF3O. The summed E-state index contributed by atoms with van der Waals surface area (Å²) in [6.45, 7) is -2.96. The molecular weight excluding hydrogens is 237 g/mol. The van der Waals surface area contributed by atoms with Crippen LogP contribution >= 0.6 is 15.9 Å². The summed E-state index contributed by atoms with van der Waals surface area (Å²) in [6.07, 6.45) is 0. The topological polar surface area (TPSA) is 9.23 Å². The molecule has 0 heterocycles. The lowest BCUT2D eigenvalue weighted by Gasteiger charge is -2.03. The van der Waals surface area contributed by atoms with E-state index in [1.807, 2.05) is 0 Å². The molecule has 0 aliphatic heterocycles. The van der Waals surface area contributed by atoms with Crippen molar-refractivity contribution in [2.75, 3.05) is 0 Å². The number of rotatable bonds is 2. The molecule has 0 aromatic heterocycles. The van der Waals surface area contributed by atoms with E-state index in [1.54, 1.807) is 0 Å². The van der Waals surface area contributed by atoms with Crippen molar-refractivity contribution in [1.29, 1.82) is 0 Å². The maximum Gasteiger partial charge on any atom is 0.387 e. The Morgan fingerprint density at radius 3 is 2.58 bits per heavy atom. The van der Waals surface area contributed by atoms with Gasteiger partial charge in [-0.05, 0) is 22.0 Å². The molecule has 0 aliphatic carbocycles. The maximum atomic E-state index is 12.5. The Bertz CT molecular complexity index is 257. The zero-order chi connectivity index (χ0) is 9.14. The lowest BCUT2D eigenvalue weighted by molar-refractivity contribution is -0.0502. The predicted molar refractivity (Wildman–Crippen MR) is 39.6 cm³/mol. The molecule has 0 atom stereocenters. The zero-order valence-electron chi connectivity index (χ0n) is 5.65. The fourth-order valence-corrected chi connectivity index (χ4v) is 1.05. The molecule has 0 N–H and O–H groups in total. The highest BCUT2D eigenvalue weighted by molar-refractivity contribution is 9.10. The first kappa shape index (κ1) is 9.38. The van der Waals surface area contributed by atoms with Gasteiger partial charge in [0.15, 0.2) is 0 Å². The quantitative estimate of drug-likeness (QED) is 0.771. The first-order chi connectivity index (χ1) is 5.58. The number of alkyl halides is 2. The summed E-state index contributed by atoms with van der Waals surface area (Å²) in [6, 6.07) is 4.28. The molecule has 0 saturated carbocycles. The van der Waals surface area contributed by atoms with Gasteiger partial charge >= 0.3 is 6.61 Å². The molecule has 0 fully saturated rings. The Balaban J connectivity index is 2.85. The average molecular weight is 240 g/mol. The fraction of sp³-hybridized carbons (Fsp3) is 0.143. The summed E-state index contributed by atoms with van der Waals surface area (Å²) in [7, 11) is 0. The second kappa shape index (κ2) is 3.80. The molecule has 65 valence electrons. The first-order valence-corrected chi connectivity index (χ1v) is 3.70. The van der Waals surface area contributed by atoms with Crippen LogP contribution in [0.4, 0.5) is 13.2 Å². The van der Waals surface area contributed by atoms with E-state index >= 15 is 0 Å². The Morgan fingerprint density at radius 1 is 1.42 bits per heavy atom. The Kier molecular flexibility index (Phi) is 2.97. The summed E-state index contributed by atoms with van der Waals surface area (Å²) in [4.78, 5) is 0. The summed E-state index contributed by atoms with van der Waals surface area (Å²) in [5, 5.41) is 0. The van der Waals surface area contributed by atoms with Crippen LogP contribution in [0, 0.1) is 11.9 Å². The van der Waals surface area contributed by atoms with Gasteiger partial charge in [-0.2, -0.15) is 8.78 Å². The van der Waals surface area contributed by atoms with Crippen LogP contribution in [-0.4, -0.2) is 6.61 Å². The molecule has 12 heavy (non-hydrogen) atoms. The van der Waals surface area contributed by atoms with E-state index in [2.05, 4.69) is 26.7 Å². The molecule has 0 bridgehead atoms. The average Bonchev–Trinajstić information content (AvgIpc) is 1.81. The van der Waals surface area contributed by atoms with Crippen molar-refractivity contribution >= 4 is 15.9 Å². The normalized spacial score (nSPS) is 10.4. The Labute approximate surface area is 75.3 Å². The van der Waals surface area contributed by atoms with Gasteiger partial charge in [0.25, 0.3) is 0 Å². The number of benzene rings is 1. The lowest BCUT2D eigenvalue weighted by Crippen LogP contribution is -2.02. The van der Waals surface area contributed by atoms with E-state index in [9.17, 15) is 13.2 Å². The van der Waals surface area contributed by atoms with Crippen LogP contribution in [0.1, 0.15) is 0 Å². The van der Waals surface area contributed by atoms with Gasteiger partial charge in [-0.1, -0.05) is 0 Å². The van der Waals surface area contributed by atoms with Crippen molar-refractivity contribution in [2.24, 2.45) is 0 Å². The minimum Gasteiger partial charge on any atom is -0.434 e. The van der Waals surface area contributed by atoms with Crippen LogP contribution in [0.15, 0.2) is 16.6 Å². The molecule has 1 aromatic carbocycles. The van der Waals surface area contributed by atoms with Crippen molar-refractivity contribution in [3.63, 3.8) is 0 Å². The highest BCUT2D eigenvalue weighted by atomic mass is 79.9. The summed E-state index contributed by atoms with van der Waals surface area (Å²) >= 11 is 2.88. The van der Waals surface area contributed by atoms with E-state index in [1.165, 1.54) is 0 Å². The summed E-state index contributed by atoms with van der Waals surface area (Å²) in [5.41, 5.74) is 0. The van der Waals surface area contributed by atoms with Crippen LogP contribution in [-0.2, 0) is 0 Å². The largest absolute Gasteiger partial charge is 0.434 e. The Hall–Kier alpha value is -0.710. The van der Waals surface area contributed by atoms with Crippen molar-refractivity contribution < 1.29 is 17.9 Å². The van der Waals surface area contributed by atoms with E-state index < -0.39 is 12.4 Å². The number of ether oxygens (including phenoxy) is 1. The van der Waals surface area contributed by atoms with Crippen LogP contribution in [0.5, 0.6) is 5.75 Å². The van der Waals surface area contributed by atoms with Crippen LogP contribution < -0.4 is 4.74 Å². The molecule has 0 saturated heterocycles. The van der Waals surface area contributed by atoms with Crippen LogP contribution in [0.25, 0.3) is 0 Å². The van der Waals surface area contributed by atoms with Crippen LogP contribution in [0.3, 0.4) is 0 Å². The van der Waals surface area contributed by atoms with Crippen molar-refractivity contribution in [1.82, 2.24) is 0 Å². The van der Waals surface area contributed by atoms with Gasteiger partial charge in [0.05, 0.1) is 0 Å². The van der Waals surface area contributed by atoms with Gasteiger partial charge < -0.3 is 4.74 Å². The predicted octanol–water partition coefficient (Wildman–Crippen LogP) is 2.99. The molecule has 1 radical (unpaired) electrons. The Morgan fingerprint density at radius 2 is 2.08 bits per heavy atom. The maximum absolute atomic E-state index is 12.5. The monoisotopic (exact) mass is 239 g/mol. The van der Waals surface area contributed by atoms with Gasteiger partial charge in [-0.15, -0.1) is 0 Å². The minimum atomic E-state index is -2.96. The molecule has 1 aromatic rings. The second-order valence-corrected chi connectivity index (χ2v) is 2.74. The van der Waals surface area contributed by atoms with Crippen molar-refractivity contribution in [3.8, 4) is 5.75 Å². The molecule has 1 rings (SSSR count). The number of hydrogen-bond acceptors (Lipinski definition) is 1. The van der Waals surface area contributed by atoms with Gasteiger partial charge in [0, 0.05) is 16.6 Å². The van der Waals surface area contributed by atoms with Crippen molar-refractivity contribution in [3.05, 3.63) is 28.5 Å². The molecule has 0 spiro atoms. The number of hydrogen-bond donors (Lipinski definition) is 0. The van der Waals surface area contributed by atoms with E-state index in [0.29, 0.717) is 0 Å². The standard InChI is InChI=1S/C7H3BrF3O/c8-4-1-5(9)3-6(2-4)12-7(10)11/h1,3,7H. The third-order valence-corrected chi connectivity index (χ3v) is 1.42. The summed E-state index contributed by atoms with van der Waals surface area (Å²) in [5.74, 6) is -0.979. The van der Waals surface area contributed by atoms with Crippen molar-refractivity contribution in [2.45, 2.75) is 6.61 Å². The minimum absolute atomic E-state index is 0.234. The molecule has 1 nitrogen and oxygen atoms in total. The van der Waals surface area contributed by atoms with Gasteiger partial charge in [-0.3, -0.25) is 0 Å². The first-order valence-electron chi connectivity index (χ1n) is 2.91. The van der Waals surface area contributed by atoms with Gasteiger partial charge in [-0.25, -0.2) is 4.39 Å². The zero-order valence-corrected chi connectivity index (χ0v) is 7.24. The van der Waals surface area contributed by atoms with Gasteiger partial charge in [0.1, 0.15) is 11.6 Å². The highest BCUT2D eigenvalue weighted by Crippen LogP contribution is 2.20. The molecule has 0 amide bonds. The summed E-state index contributed by atoms with van der Waals surface area (Å²) < 4.78 is 39.9. The van der Waals surface area contributed by atoms with E-state index in [-0.39, 0.29) is 10.2 Å². The molecule has 0 aliphatic rings. The molecule has 0 unspecified atom stereocenters. The van der Waals surface area contributed by atoms with Crippen LogP contribution in [0.2, 0.25) is 0 Å². The second-order valence-electron chi connectivity index (χ2n) is 1.89.